The largest absolute Gasteiger partial charge is 0.417 e. The van der Waals surface area contributed by atoms with Crippen LogP contribution in [0.25, 0.3) is 11.1 Å². The fourth-order valence-electron chi connectivity index (χ4n) is 4.01. The summed E-state index contributed by atoms with van der Waals surface area (Å²) in [6.07, 6.45) is -3.10. The lowest BCUT2D eigenvalue weighted by molar-refractivity contribution is -0.136. The molecule has 0 aromatic carbocycles. The Bertz CT molecular complexity index is 1080. The first-order valence-electron chi connectivity index (χ1n) is 9.68. The number of carbonyl (C=O) groups excluding carboxylic acids is 1. The number of amides is 1. The molecule has 160 valence electrons. The predicted octanol–water partition coefficient (Wildman–Crippen LogP) is 4.10. The van der Waals surface area contributed by atoms with Crippen molar-refractivity contribution in [2.75, 3.05) is 13.1 Å². The Kier molecular flexibility index (Phi) is 5.03. The highest BCUT2D eigenvalue weighted by Crippen LogP contribution is 2.38. The fourth-order valence-corrected chi connectivity index (χ4v) is 4.01. The number of aryl methyl sites for hydroxylation is 3. The van der Waals surface area contributed by atoms with Crippen LogP contribution in [0.15, 0.2) is 15.1 Å². The van der Waals surface area contributed by atoms with Crippen molar-refractivity contribution in [1.29, 1.82) is 0 Å². The van der Waals surface area contributed by atoms with Crippen LogP contribution in [0.5, 0.6) is 0 Å². The number of rotatable bonds is 3. The van der Waals surface area contributed by atoms with Gasteiger partial charge in [0.05, 0.1) is 34.5 Å². The normalized spacial score (nSPS) is 17.7. The molecule has 3 aromatic rings. The predicted molar refractivity (Wildman–Crippen MR) is 99.8 cm³/mol. The third-order valence-electron chi connectivity index (χ3n) is 5.64. The lowest BCUT2D eigenvalue weighted by Gasteiger charge is -2.32. The summed E-state index contributed by atoms with van der Waals surface area (Å²) in [4.78, 5) is 18.8. The summed E-state index contributed by atoms with van der Waals surface area (Å²) in [5.41, 5.74) is 0.893. The molecule has 3 aromatic heterocycles. The van der Waals surface area contributed by atoms with Gasteiger partial charge in [0.1, 0.15) is 5.76 Å². The molecule has 30 heavy (non-hydrogen) atoms. The summed E-state index contributed by atoms with van der Waals surface area (Å²) in [5.74, 6) is 0.169. The van der Waals surface area contributed by atoms with Gasteiger partial charge in [-0.25, -0.2) is 4.98 Å². The molecule has 1 aliphatic heterocycles. The van der Waals surface area contributed by atoms with Gasteiger partial charge in [-0.2, -0.15) is 13.2 Å². The molecule has 1 amide bonds. The Morgan fingerprint density at radius 2 is 1.93 bits per heavy atom. The summed E-state index contributed by atoms with van der Waals surface area (Å²) in [5, 5.41) is 7.39. The van der Waals surface area contributed by atoms with E-state index in [1.807, 2.05) is 0 Å². The van der Waals surface area contributed by atoms with E-state index in [1.54, 1.807) is 18.7 Å². The number of likely N-dealkylation sites (tertiary alicyclic amines) is 1. The molecular formula is C20H21F3N4O3. The maximum absolute atomic E-state index is 13.6. The van der Waals surface area contributed by atoms with E-state index >= 15 is 0 Å². The molecule has 1 fully saturated rings. The smallest absolute Gasteiger partial charge is 0.361 e. The third-order valence-corrected chi connectivity index (χ3v) is 5.64. The van der Waals surface area contributed by atoms with Crippen LogP contribution in [-0.2, 0) is 17.4 Å². The third kappa shape index (κ3) is 3.66. The van der Waals surface area contributed by atoms with Crippen molar-refractivity contribution in [1.82, 2.24) is 20.2 Å². The Labute approximate surface area is 170 Å². The number of hydrogen-bond acceptors (Lipinski definition) is 6. The SMILES string of the molecule is Cc1noc(C)c1CC(=O)N1CCCC(c2cc(C(F)(F)F)c3c(C)noc3n2)C1. The zero-order valence-corrected chi connectivity index (χ0v) is 16.8. The number of halogens is 3. The Morgan fingerprint density at radius 1 is 1.20 bits per heavy atom. The van der Waals surface area contributed by atoms with Crippen LogP contribution in [0.2, 0.25) is 0 Å². The summed E-state index contributed by atoms with van der Waals surface area (Å²) in [7, 11) is 0. The first-order valence-corrected chi connectivity index (χ1v) is 9.68. The zero-order valence-electron chi connectivity index (χ0n) is 16.8. The highest BCUT2D eigenvalue weighted by molar-refractivity contribution is 5.81. The molecular weight excluding hydrogens is 401 g/mol. The molecule has 1 atom stereocenters. The van der Waals surface area contributed by atoms with Crippen molar-refractivity contribution in [3.63, 3.8) is 0 Å². The van der Waals surface area contributed by atoms with Gasteiger partial charge in [-0.15, -0.1) is 0 Å². The number of hydrogen-bond donors (Lipinski definition) is 0. The standard InChI is InChI=1S/C20H21F3N4O3/c1-10-14(12(3)29-25-10)7-17(28)27-6-4-5-13(9-27)16-8-15(20(21,22)23)18-11(2)26-30-19(18)24-16/h8,13H,4-7,9H2,1-3H3. The van der Waals surface area contributed by atoms with Crippen molar-refractivity contribution >= 4 is 17.0 Å². The van der Waals surface area contributed by atoms with Gasteiger partial charge in [-0.3, -0.25) is 4.79 Å². The van der Waals surface area contributed by atoms with Gasteiger partial charge < -0.3 is 13.9 Å². The van der Waals surface area contributed by atoms with Gasteiger partial charge in [0.2, 0.25) is 5.91 Å². The molecule has 0 spiro atoms. The van der Waals surface area contributed by atoms with Gasteiger partial charge >= 0.3 is 6.18 Å². The van der Waals surface area contributed by atoms with Crippen molar-refractivity contribution in [2.45, 2.75) is 52.1 Å². The first-order chi connectivity index (χ1) is 14.1. The van der Waals surface area contributed by atoms with E-state index in [1.165, 1.54) is 6.92 Å². The van der Waals surface area contributed by atoms with Crippen LogP contribution in [-0.4, -0.2) is 39.2 Å². The van der Waals surface area contributed by atoms with Crippen molar-refractivity contribution in [3.8, 4) is 0 Å². The number of piperidine rings is 1. The molecule has 4 rings (SSSR count). The topological polar surface area (TPSA) is 85.3 Å². The Morgan fingerprint density at radius 3 is 2.60 bits per heavy atom. The van der Waals surface area contributed by atoms with Crippen molar-refractivity contribution < 1.29 is 27.0 Å². The van der Waals surface area contributed by atoms with Crippen LogP contribution in [0.3, 0.4) is 0 Å². The number of pyridine rings is 1. The average Bonchev–Trinajstić information content (AvgIpc) is 3.23. The maximum Gasteiger partial charge on any atom is 0.417 e. The number of alkyl halides is 3. The van der Waals surface area contributed by atoms with Crippen molar-refractivity contribution in [2.24, 2.45) is 0 Å². The first kappa shape index (κ1) is 20.4. The van der Waals surface area contributed by atoms with Crippen LogP contribution < -0.4 is 0 Å². The fraction of sp³-hybridized carbons (Fsp3) is 0.500. The second-order valence-corrected chi connectivity index (χ2v) is 7.70. The van der Waals surface area contributed by atoms with E-state index < -0.39 is 11.7 Å². The number of nitrogens with zero attached hydrogens (tertiary/aromatic N) is 4. The zero-order chi connectivity index (χ0) is 21.6. The molecule has 0 bridgehead atoms. The van der Waals surface area contributed by atoms with E-state index in [2.05, 4.69) is 15.3 Å². The van der Waals surface area contributed by atoms with E-state index in [4.69, 9.17) is 9.05 Å². The molecule has 7 nitrogen and oxygen atoms in total. The van der Waals surface area contributed by atoms with Gasteiger partial charge in [-0.05, 0) is 39.7 Å². The van der Waals surface area contributed by atoms with Crippen molar-refractivity contribution in [3.05, 3.63) is 40.0 Å². The Hall–Kier alpha value is -2.91. The minimum atomic E-state index is -4.56. The van der Waals surface area contributed by atoms with E-state index in [0.29, 0.717) is 37.4 Å². The number of fused-ring (bicyclic) bond motifs is 1. The van der Waals surface area contributed by atoms with E-state index in [-0.39, 0.29) is 40.7 Å². The molecule has 0 aliphatic carbocycles. The summed E-state index contributed by atoms with van der Waals surface area (Å²) in [6.45, 7) is 5.83. The van der Waals surface area contributed by atoms with Crippen LogP contribution in [0.4, 0.5) is 13.2 Å². The Balaban J connectivity index is 1.60. The summed E-state index contributed by atoms with van der Waals surface area (Å²) < 4.78 is 51.1. The van der Waals surface area contributed by atoms with E-state index in [9.17, 15) is 18.0 Å². The molecule has 0 N–H and O–H groups in total. The summed E-state index contributed by atoms with van der Waals surface area (Å²) >= 11 is 0. The number of carbonyl (C=O) groups is 1. The van der Waals surface area contributed by atoms with Gasteiger partial charge in [-0.1, -0.05) is 10.3 Å². The quantitative estimate of drug-likeness (QED) is 0.632. The average molecular weight is 422 g/mol. The van der Waals surface area contributed by atoms with Gasteiger partial charge in [0.25, 0.3) is 5.71 Å². The summed E-state index contributed by atoms with van der Waals surface area (Å²) in [6, 6.07) is 1.07. The maximum atomic E-state index is 13.6. The van der Waals surface area contributed by atoms with E-state index in [0.717, 1.165) is 11.6 Å². The van der Waals surface area contributed by atoms with Crippen LogP contribution in [0.1, 0.15) is 52.7 Å². The molecule has 4 heterocycles. The molecule has 1 aliphatic rings. The second-order valence-electron chi connectivity index (χ2n) is 7.70. The lowest BCUT2D eigenvalue weighted by atomic mass is 9.92. The van der Waals surface area contributed by atoms with Crippen LogP contribution >= 0.6 is 0 Å². The minimum absolute atomic E-state index is 0.110. The second kappa shape index (κ2) is 7.41. The molecule has 0 saturated carbocycles. The molecule has 1 unspecified atom stereocenters. The molecule has 0 radical (unpaired) electrons. The number of aromatic nitrogens is 3. The highest BCUT2D eigenvalue weighted by atomic mass is 19.4. The monoisotopic (exact) mass is 422 g/mol. The van der Waals surface area contributed by atoms with Gasteiger partial charge in [0, 0.05) is 24.6 Å². The highest BCUT2D eigenvalue weighted by Gasteiger charge is 2.37. The lowest BCUT2D eigenvalue weighted by Crippen LogP contribution is -2.40. The van der Waals surface area contributed by atoms with Gasteiger partial charge in [0.15, 0.2) is 0 Å². The molecule has 10 heteroatoms. The molecule has 1 saturated heterocycles. The minimum Gasteiger partial charge on any atom is -0.361 e. The van der Waals surface area contributed by atoms with Crippen LogP contribution in [0, 0.1) is 20.8 Å².